The smallest absolute Gasteiger partial charge is 0.212 e. The van der Waals surface area contributed by atoms with E-state index in [1.165, 1.54) is 0 Å². The Morgan fingerprint density at radius 3 is 2.97 bits per heavy atom. The molecule has 3 aromatic heterocycles. The van der Waals surface area contributed by atoms with Crippen molar-refractivity contribution in [2.75, 3.05) is 51.4 Å². The molecule has 1 amide bonds. The number of likely N-dealkylation sites (tertiary alicyclic amines) is 1. The average Bonchev–Trinajstić information content (AvgIpc) is 3.60. The number of aromatic nitrogens is 3. The lowest BCUT2D eigenvalue weighted by Gasteiger charge is -2.34. The summed E-state index contributed by atoms with van der Waals surface area (Å²) in [5.41, 5.74) is 3.99. The van der Waals surface area contributed by atoms with Gasteiger partial charge in [0.05, 0.1) is 42.9 Å². The van der Waals surface area contributed by atoms with Gasteiger partial charge in [-0.3, -0.25) is 14.5 Å². The van der Waals surface area contributed by atoms with Crippen LogP contribution < -0.4 is 10.1 Å². The average molecular weight is 492 g/mol. The Morgan fingerprint density at radius 1 is 1.28 bits per heavy atom. The number of aryl methyl sites for hydroxylation is 1. The van der Waals surface area contributed by atoms with Crippen LogP contribution in [0.1, 0.15) is 24.1 Å². The lowest BCUT2D eigenvalue weighted by Crippen LogP contribution is -2.37. The molecule has 0 saturated carbocycles. The van der Waals surface area contributed by atoms with E-state index in [0.29, 0.717) is 58.2 Å². The fourth-order valence-electron chi connectivity index (χ4n) is 5.48. The molecule has 2 saturated heterocycles. The monoisotopic (exact) mass is 491 g/mol. The molecule has 1 atom stereocenters. The highest BCUT2D eigenvalue weighted by Crippen LogP contribution is 2.44. The number of ketones is 1. The van der Waals surface area contributed by atoms with Crippen molar-refractivity contribution in [1.82, 2.24) is 19.4 Å². The van der Waals surface area contributed by atoms with Gasteiger partial charge in [0.2, 0.25) is 6.41 Å². The van der Waals surface area contributed by atoms with Crippen molar-refractivity contribution in [2.24, 2.45) is 7.05 Å². The molecule has 6 heterocycles. The second kappa shape index (κ2) is 9.27. The molecule has 188 valence electrons. The lowest BCUT2D eigenvalue weighted by molar-refractivity contribution is -0.117. The Balaban J connectivity index is 1.42. The molecule has 0 radical (unpaired) electrons. The molecular formula is C26H29N5O5. The molecule has 0 bridgehead atoms. The fraction of sp³-hybridized carbons (Fsp3) is 0.462. The van der Waals surface area contributed by atoms with Gasteiger partial charge in [-0.15, -0.1) is 0 Å². The van der Waals surface area contributed by atoms with Crippen LogP contribution in [0, 0.1) is 0 Å². The molecule has 2 fully saturated rings. The molecule has 36 heavy (non-hydrogen) atoms. The van der Waals surface area contributed by atoms with E-state index in [1.54, 1.807) is 6.20 Å². The van der Waals surface area contributed by atoms with Crippen LogP contribution in [-0.4, -0.2) is 77.7 Å². The zero-order chi connectivity index (χ0) is 24.7. The van der Waals surface area contributed by atoms with Crippen LogP contribution in [0.4, 0.5) is 5.82 Å². The van der Waals surface area contributed by atoms with Crippen LogP contribution in [0.5, 0.6) is 5.75 Å². The molecule has 10 nitrogen and oxygen atoms in total. The Hall–Kier alpha value is -3.34. The maximum absolute atomic E-state index is 11.7. The first-order chi connectivity index (χ1) is 17.6. The van der Waals surface area contributed by atoms with E-state index in [1.807, 2.05) is 29.9 Å². The van der Waals surface area contributed by atoms with Crippen molar-refractivity contribution in [2.45, 2.75) is 24.9 Å². The third-order valence-corrected chi connectivity index (χ3v) is 7.36. The number of fused-ring (bicyclic) bond motifs is 3. The first-order valence-electron chi connectivity index (χ1n) is 12.3. The topological polar surface area (TPSA) is 108 Å². The largest absolute Gasteiger partial charge is 0.492 e. The summed E-state index contributed by atoms with van der Waals surface area (Å²) in [4.78, 5) is 34.3. The van der Waals surface area contributed by atoms with Crippen molar-refractivity contribution in [3.63, 3.8) is 0 Å². The fourth-order valence-corrected chi connectivity index (χ4v) is 5.48. The molecule has 0 aliphatic carbocycles. The Labute approximate surface area is 208 Å². The van der Waals surface area contributed by atoms with E-state index in [0.717, 1.165) is 58.6 Å². The van der Waals surface area contributed by atoms with Crippen molar-refractivity contribution in [3.05, 3.63) is 35.8 Å². The van der Waals surface area contributed by atoms with Crippen LogP contribution in [0.25, 0.3) is 22.2 Å². The van der Waals surface area contributed by atoms with Gasteiger partial charge in [-0.05, 0) is 6.07 Å². The molecule has 10 heteroatoms. The summed E-state index contributed by atoms with van der Waals surface area (Å²) in [7, 11) is 1.96. The molecular weight excluding hydrogens is 462 g/mol. The van der Waals surface area contributed by atoms with Gasteiger partial charge < -0.3 is 24.1 Å². The Bertz CT molecular complexity index is 1330. The zero-order valence-electron chi connectivity index (χ0n) is 20.3. The maximum Gasteiger partial charge on any atom is 0.212 e. The van der Waals surface area contributed by atoms with E-state index in [4.69, 9.17) is 19.2 Å². The van der Waals surface area contributed by atoms with Gasteiger partial charge in [0.1, 0.15) is 29.6 Å². The number of Topliss-reactive ketones (excluding diaryl/α,β-unsaturated/α-hetero) is 1. The van der Waals surface area contributed by atoms with E-state index in [-0.39, 0.29) is 5.78 Å². The summed E-state index contributed by atoms with van der Waals surface area (Å²) in [5, 5.41) is 3.56. The summed E-state index contributed by atoms with van der Waals surface area (Å²) >= 11 is 0. The third-order valence-electron chi connectivity index (χ3n) is 7.36. The number of ether oxygens (including phenoxy) is 3. The predicted octanol–water partition coefficient (Wildman–Crippen LogP) is 2.05. The maximum atomic E-state index is 11.7. The van der Waals surface area contributed by atoms with Crippen LogP contribution in [0.3, 0.4) is 0 Å². The summed E-state index contributed by atoms with van der Waals surface area (Å²) < 4.78 is 20.4. The van der Waals surface area contributed by atoms with E-state index in [2.05, 4.69) is 15.2 Å². The number of carbonyl (C=O) groups excluding carboxylic acids is 2. The summed E-state index contributed by atoms with van der Waals surface area (Å²) in [6.07, 6.45) is 6.47. The molecule has 3 aromatic rings. The second-order valence-corrected chi connectivity index (χ2v) is 9.64. The van der Waals surface area contributed by atoms with Crippen molar-refractivity contribution >= 4 is 28.9 Å². The molecule has 3 aliphatic rings. The van der Waals surface area contributed by atoms with Gasteiger partial charge in [-0.2, -0.15) is 0 Å². The molecule has 1 unspecified atom stereocenters. The number of nitrogens with one attached hydrogen (secondary N) is 1. The number of amides is 1. The number of rotatable bonds is 7. The number of pyridine rings is 2. The molecule has 6 rings (SSSR count). The van der Waals surface area contributed by atoms with E-state index in [9.17, 15) is 9.59 Å². The summed E-state index contributed by atoms with van der Waals surface area (Å²) in [5.74, 6) is 1.56. The van der Waals surface area contributed by atoms with E-state index < -0.39 is 5.60 Å². The van der Waals surface area contributed by atoms with Crippen molar-refractivity contribution < 1.29 is 23.8 Å². The Morgan fingerprint density at radius 2 is 2.19 bits per heavy atom. The van der Waals surface area contributed by atoms with Crippen molar-refractivity contribution in [3.8, 4) is 17.0 Å². The number of nitrogens with zero attached hydrogens (tertiary/aromatic N) is 4. The minimum absolute atomic E-state index is 0.285. The normalized spacial score (nSPS) is 21.9. The number of anilines is 1. The predicted molar refractivity (Wildman–Crippen MR) is 132 cm³/mol. The first kappa shape index (κ1) is 23.1. The minimum Gasteiger partial charge on any atom is -0.492 e. The highest BCUT2D eigenvalue weighted by atomic mass is 16.6. The van der Waals surface area contributed by atoms with Gasteiger partial charge in [0.25, 0.3) is 0 Å². The van der Waals surface area contributed by atoms with Gasteiger partial charge in [0, 0.05) is 74.8 Å². The summed E-state index contributed by atoms with van der Waals surface area (Å²) in [6.45, 7) is 4.17. The quantitative estimate of drug-likeness (QED) is 0.501. The van der Waals surface area contributed by atoms with Gasteiger partial charge >= 0.3 is 0 Å². The number of hydrogen-bond acceptors (Lipinski definition) is 8. The molecule has 1 N–H and O–H groups in total. The molecule has 3 aliphatic heterocycles. The summed E-state index contributed by atoms with van der Waals surface area (Å²) in [6, 6.07) is 3.86. The highest BCUT2D eigenvalue weighted by molar-refractivity contribution is 5.97. The van der Waals surface area contributed by atoms with E-state index >= 15 is 0 Å². The number of carbonyl (C=O) groups is 2. The minimum atomic E-state index is -0.570. The highest BCUT2D eigenvalue weighted by Gasteiger charge is 2.44. The van der Waals surface area contributed by atoms with Crippen LogP contribution in [-0.2, 0) is 38.1 Å². The second-order valence-electron chi connectivity index (χ2n) is 9.64. The first-order valence-corrected chi connectivity index (χ1v) is 12.3. The van der Waals surface area contributed by atoms with Gasteiger partial charge in [-0.1, -0.05) is 0 Å². The van der Waals surface area contributed by atoms with Crippen LogP contribution in [0.2, 0.25) is 0 Å². The SMILES string of the molecule is Cn1cc(-c2cc(OCCN3CCC(=O)C3)c3c(n2)C2(CCOC2)OCC3)c2cc(NC=O)ncc21. The third kappa shape index (κ3) is 4.04. The zero-order valence-corrected chi connectivity index (χ0v) is 20.3. The molecule has 0 aromatic carbocycles. The van der Waals surface area contributed by atoms with Crippen molar-refractivity contribution in [1.29, 1.82) is 0 Å². The number of hydrogen-bond donors (Lipinski definition) is 1. The van der Waals surface area contributed by atoms with Crippen LogP contribution in [0.15, 0.2) is 24.5 Å². The van der Waals surface area contributed by atoms with Gasteiger partial charge in [0.15, 0.2) is 0 Å². The standard InChI is InChI=1S/C26H29N5O5/c1-30-14-20(19-10-24(28-16-32)27-12-22(19)30)21-11-23(35-9-6-31-5-2-17(33)13-31)18-3-7-36-26(25(18)29-21)4-8-34-15-26/h10-12,14,16H,2-9,13,15H2,1H3,(H,27,28,32). The van der Waals surface area contributed by atoms with Crippen LogP contribution >= 0.6 is 0 Å². The lowest BCUT2D eigenvalue weighted by atomic mass is 9.89. The van der Waals surface area contributed by atoms with Gasteiger partial charge in [-0.25, -0.2) is 9.97 Å². The molecule has 1 spiro atoms. The Kier molecular flexibility index (Phi) is 5.94.